The first-order valence-corrected chi connectivity index (χ1v) is 6.91. The quantitative estimate of drug-likeness (QED) is 0.582. The van der Waals surface area contributed by atoms with Gasteiger partial charge in [-0.3, -0.25) is 0 Å². The van der Waals surface area contributed by atoms with Crippen molar-refractivity contribution in [2.75, 3.05) is 7.05 Å². The first kappa shape index (κ1) is 14.1. The average Bonchev–Trinajstić information content (AvgIpc) is 2.89. The molecule has 0 saturated heterocycles. The van der Waals surface area contributed by atoms with Gasteiger partial charge in [0.2, 0.25) is 0 Å². The minimum Gasteiger partial charge on any atom is -0.444 e. The second-order valence-corrected chi connectivity index (χ2v) is 6.66. The normalized spacial score (nSPS) is 30.2. The van der Waals surface area contributed by atoms with Crippen molar-refractivity contribution in [1.29, 1.82) is 0 Å². The van der Waals surface area contributed by atoms with Crippen LogP contribution in [0.3, 0.4) is 0 Å². The van der Waals surface area contributed by atoms with Crippen molar-refractivity contribution >= 4 is 12.4 Å². The summed E-state index contributed by atoms with van der Waals surface area (Å²) in [7, 11) is 1.66. The summed E-state index contributed by atoms with van der Waals surface area (Å²) in [6, 6.07) is -0.380. The van der Waals surface area contributed by atoms with Crippen molar-refractivity contribution in [3.05, 3.63) is 12.2 Å². The number of hydrogen-bond acceptors (Lipinski definition) is 3. The molecule has 4 unspecified atom stereocenters. The van der Waals surface area contributed by atoms with Crippen molar-refractivity contribution in [2.45, 2.75) is 45.3 Å². The second kappa shape index (κ2) is 4.99. The third-order valence-corrected chi connectivity index (χ3v) is 4.04. The van der Waals surface area contributed by atoms with Crippen LogP contribution in [0.15, 0.2) is 12.2 Å². The Kier molecular flexibility index (Phi) is 3.70. The Morgan fingerprint density at radius 2 is 2.05 bits per heavy atom. The van der Waals surface area contributed by atoms with Gasteiger partial charge in [0.05, 0.1) is 6.04 Å². The summed E-state index contributed by atoms with van der Waals surface area (Å²) in [5.74, 6) is 1.26. The van der Waals surface area contributed by atoms with Gasteiger partial charge in [-0.1, -0.05) is 12.2 Å². The first-order valence-electron chi connectivity index (χ1n) is 6.91. The predicted octanol–water partition coefficient (Wildman–Crippen LogP) is 2.63. The highest BCUT2D eigenvalue weighted by Gasteiger charge is 2.42. The second-order valence-electron chi connectivity index (χ2n) is 6.66. The Hall–Kier alpha value is -1.32. The zero-order valence-electron chi connectivity index (χ0n) is 12.1. The molecule has 4 nitrogen and oxygen atoms in total. The summed E-state index contributed by atoms with van der Waals surface area (Å²) in [5.41, 5.74) is -0.534. The number of ether oxygens (including phenoxy) is 1. The van der Waals surface area contributed by atoms with E-state index in [-0.39, 0.29) is 12.0 Å². The van der Waals surface area contributed by atoms with E-state index >= 15 is 0 Å². The van der Waals surface area contributed by atoms with Crippen LogP contribution in [-0.2, 0) is 9.53 Å². The molecular weight excluding hydrogens is 242 g/mol. The highest BCUT2D eigenvalue weighted by atomic mass is 16.6. The molecule has 2 aliphatic rings. The van der Waals surface area contributed by atoms with Gasteiger partial charge < -0.3 is 14.4 Å². The van der Waals surface area contributed by atoms with Crippen LogP contribution in [0.4, 0.5) is 4.79 Å². The molecule has 0 aromatic carbocycles. The van der Waals surface area contributed by atoms with Crippen LogP contribution in [0.25, 0.3) is 0 Å². The maximum atomic E-state index is 12.0. The standard InChI is InChI=1S/C15H23NO3/c1-15(2,3)19-14(18)16(4)13(9-17)12-8-10-5-6-11(12)7-10/h5-6,9-13H,7-8H2,1-4H3. The summed E-state index contributed by atoms with van der Waals surface area (Å²) in [4.78, 5) is 24.9. The molecule has 19 heavy (non-hydrogen) atoms. The largest absolute Gasteiger partial charge is 0.444 e. The topological polar surface area (TPSA) is 46.6 Å². The summed E-state index contributed by atoms with van der Waals surface area (Å²) < 4.78 is 5.33. The number of likely N-dealkylation sites (N-methyl/N-ethyl adjacent to an activating group) is 1. The van der Waals surface area contributed by atoms with E-state index in [1.54, 1.807) is 7.05 Å². The third-order valence-electron chi connectivity index (χ3n) is 4.04. The molecule has 1 fully saturated rings. The fraction of sp³-hybridized carbons (Fsp3) is 0.733. The lowest BCUT2D eigenvalue weighted by Gasteiger charge is -2.33. The maximum absolute atomic E-state index is 12.0. The van der Waals surface area contributed by atoms with Crippen molar-refractivity contribution in [1.82, 2.24) is 4.90 Å². The lowest BCUT2D eigenvalue weighted by molar-refractivity contribution is -0.114. The van der Waals surface area contributed by atoms with Crippen LogP contribution < -0.4 is 0 Å². The monoisotopic (exact) mass is 265 g/mol. The molecule has 2 rings (SSSR count). The maximum Gasteiger partial charge on any atom is 0.410 e. The van der Waals surface area contributed by atoms with E-state index in [9.17, 15) is 9.59 Å². The van der Waals surface area contributed by atoms with Gasteiger partial charge in [-0.05, 0) is 51.4 Å². The molecule has 0 aromatic rings. The van der Waals surface area contributed by atoms with Crippen molar-refractivity contribution in [3.63, 3.8) is 0 Å². The molecule has 0 spiro atoms. The third kappa shape index (κ3) is 2.99. The number of carbonyl (C=O) groups excluding carboxylic acids is 2. The molecule has 0 aliphatic heterocycles. The van der Waals surface area contributed by atoms with E-state index in [0.717, 1.165) is 19.1 Å². The summed E-state index contributed by atoms with van der Waals surface area (Å²) in [5, 5.41) is 0. The number of nitrogens with zero attached hydrogens (tertiary/aromatic N) is 1. The van der Waals surface area contributed by atoms with Gasteiger partial charge in [0, 0.05) is 7.05 Å². The van der Waals surface area contributed by atoms with Crippen LogP contribution in [0.1, 0.15) is 33.6 Å². The highest BCUT2D eigenvalue weighted by molar-refractivity contribution is 5.73. The van der Waals surface area contributed by atoms with Gasteiger partial charge in [-0.2, -0.15) is 0 Å². The average molecular weight is 265 g/mol. The van der Waals surface area contributed by atoms with Crippen molar-refractivity contribution in [3.8, 4) is 0 Å². The molecule has 1 saturated carbocycles. The molecular formula is C15H23NO3. The summed E-state index contributed by atoms with van der Waals surface area (Å²) >= 11 is 0. The number of aldehydes is 1. The minimum absolute atomic E-state index is 0.241. The fourth-order valence-electron chi connectivity index (χ4n) is 3.15. The molecule has 0 heterocycles. The van der Waals surface area contributed by atoms with Crippen molar-refractivity contribution in [2.24, 2.45) is 17.8 Å². The Morgan fingerprint density at radius 3 is 2.47 bits per heavy atom. The number of allylic oxidation sites excluding steroid dienone is 2. The lowest BCUT2D eigenvalue weighted by atomic mass is 9.87. The Morgan fingerprint density at radius 1 is 1.37 bits per heavy atom. The molecule has 106 valence electrons. The SMILES string of the molecule is CN(C(=O)OC(C)(C)C)C(C=O)C1CC2C=CC1C2. The van der Waals surface area contributed by atoms with Gasteiger partial charge >= 0.3 is 6.09 Å². The van der Waals surface area contributed by atoms with Crippen LogP contribution >= 0.6 is 0 Å². The highest BCUT2D eigenvalue weighted by Crippen LogP contribution is 2.45. The number of carbonyl (C=O) groups is 2. The van der Waals surface area contributed by atoms with E-state index in [1.807, 2.05) is 20.8 Å². The number of hydrogen-bond donors (Lipinski definition) is 0. The molecule has 0 N–H and O–H groups in total. The van der Waals surface area contributed by atoms with Crippen LogP contribution in [0.5, 0.6) is 0 Å². The van der Waals surface area contributed by atoms with Gasteiger partial charge in [0.25, 0.3) is 0 Å². The van der Waals surface area contributed by atoms with E-state index < -0.39 is 11.7 Å². The van der Waals surface area contributed by atoms with Gasteiger partial charge in [-0.25, -0.2) is 4.79 Å². The smallest absolute Gasteiger partial charge is 0.410 e. The van der Waals surface area contributed by atoms with E-state index in [2.05, 4.69) is 12.2 Å². The Balaban J connectivity index is 2.03. The zero-order valence-corrected chi connectivity index (χ0v) is 12.1. The van der Waals surface area contributed by atoms with Crippen LogP contribution in [0.2, 0.25) is 0 Å². The lowest BCUT2D eigenvalue weighted by Crippen LogP contribution is -2.46. The number of amides is 1. The predicted molar refractivity (Wildman–Crippen MR) is 72.7 cm³/mol. The van der Waals surface area contributed by atoms with Crippen LogP contribution in [-0.4, -0.2) is 36.0 Å². The zero-order chi connectivity index (χ0) is 14.2. The van der Waals surface area contributed by atoms with E-state index in [4.69, 9.17) is 4.74 Å². The molecule has 2 bridgehead atoms. The molecule has 0 aromatic heterocycles. The van der Waals surface area contributed by atoms with Gasteiger partial charge in [-0.15, -0.1) is 0 Å². The van der Waals surface area contributed by atoms with E-state index in [1.165, 1.54) is 4.90 Å². The minimum atomic E-state index is -0.534. The molecule has 0 radical (unpaired) electrons. The molecule has 4 heteroatoms. The van der Waals surface area contributed by atoms with Gasteiger partial charge in [0.15, 0.2) is 0 Å². The van der Waals surface area contributed by atoms with Gasteiger partial charge in [0.1, 0.15) is 11.9 Å². The fourth-order valence-corrected chi connectivity index (χ4v) is 3.15. The molecule has 1 amide bonds. The van der Waals surface area contributed by atoms with Crippen molar-refractivity contribution < 1.29 is 14.3 Å². The number of rotatable bonds is 3. The molecule has 4 atom stereocenters. The summed E-state index contributed by atoms with van der Waals surface area (Å²) in [6.07, 6.45) is 7.02. The van der Waals surface area contributed by atoms with Crippen LogP contribution in [0, 0.1) is 17.8 Å². The Labute approximate surface area is 114 Å². The number of fused-ring (bicyclic) bond motifs is 2. The first-order chi connectivity index (χ1) is 8.81. The summed E-state index contributed by atoms with van der Waals surface area (Å²) in [6.45, 7) is 5.48. The molecule has 2 aliphatic carbocycles. The van der Waals surface area contributed by atoms with E-state index in [0.29, 0.717) is 11.8 Å². The Bertz CT molecular complexity index is 397.